The van der Waals surface area contributed by atoms with Gasteiger partial charge in [0, 0.05) is 0 Å². The van der Waals surface area contributed by atoms with Crippen LogP contribution in [-0.4, -0.2) is 11.4 Å². The largest absolute Gasteiger partial charge is 0.252 e. The molecule has 0 heterocycles. The second-order valence-electron chi connectivity index (χ2n) is 22.7. The molecule has 0 saturated carbocycles. The van der Waals surface area contributed by atoms with Crippen LogP contribution in [0.2, 0.25) is 0 Å². The van der Waals surface area contributed by atoms with Crippen molar-refractivity contribution in [2.75, 3.05) is 0 Å². The van der Waals surface area contributed by atoms with Crippen molar-refractivity contribution in [2.45, 2.75) is 342 Å². The maximum absolute atomic E-state index is 5.08. The lowest BCUT2D eigenvalue weighted by molar-refractivity contribution is 0.518. The van der Waals surface area contributed by atoms with Gasteiger partial charge in [-0.15, -0.1) is 0 Å². The molecule has 0 bridgehead atoms. The molecule has 0 spiro atoms. The number of aliphatic imine (C=N–C) groups is 2. The van der Waals surface area contributed by atoms with Crippen LogP contribution in [0.3, 0.4) is 0 Å². The van der Waals surface area contributed by atoms with E-state index in [-0.39, 0.29) is 0 Å². The Labute approximate surface area is 456 Å². The number of unbranched alkanes of at least 4 members (excludes halogenated alkanes) is 46. The Balaban J connectivity index is 1.47. The lowest BCUT2D eigenvalue weighted by Gasteiger charge is -2.06. The molecule has 0 radical (unpaired) electrons. The summed E-state index contributed by atoms with van der Waals surface area (Å²) in [5, 5.41) is 0. The molecule has 0 saturated heterocycles. The molecule has 0 amide bonds. The van der Waals surface area contributed by atoms with Crippen LogP contribution in [0.1, 0.15) is 353 Å². The number of allylic oxidation sites excluding steroid dienone is 2. The van der Waals surface area contributed by atoms with Crippen molar-refractivity contribution < 1.29 is 0 Å². The summed E-state index contributed by atoms with van der Waals surface area (Å²) in [6, 6.07) is 17.3. The van der Waals surface area contributed by atoms with Gasteiger partial charge in [-0.3, -0.25) is 9.98 Å². The Hall–Kier alpha value is -2.74. The average molecular weight is 1000 g/mol. The first-order valence-corrected chi connectivity index (χ1v) is 32.8. The third-order valence-corrected chi connectivity index (χ3v) is 15.6. The van der Waals surface area contributed by atoms with Crippen LogP contribution in [0.5, 0.6) is 0 Å². The monoisotopic (exact) mass is 1000 g/mol. The first kappa shape index (κ1) is 66.4. The van der Waals surface area contributed by atoms with Gasteiger partial charge < -0.3 is 0 Å². The van der Waals surface area contributed by atoms with E-state index in [2.05, 4.69) is 101 Å². The van der Waals surface area contributed by atoms with Gasteiger partial charge in [-0.05, 0) is 74.4 Å². The molecule has 0 aliphatic heterocycles. The van der Waals surface area contributed by atoms with Crippen molar-refractivity contribution in [3.63, 3.8) is 0 Å². The lowest BCUT2D eigenvalue weighted by atomic mass is 10.0. The second-order valence-corrected chi connectivity index (χ2v) is 22.7. The molecule has 73 heavy (non-hydrogen) atoms. The highest BCUT2D eigenvalue weighted by molar-refractivity contribution is 6.42. The average Bonchev–Trinajstić information content (AvgIpc) is 3.40. The third-order valence-electron chi connectivity index (χ3n) is 15.6. The minimum Gasteiger partial charge on any atom is -0.252 e. The van der Waals surface area contributed by atoms with Gasteiger partial charge in [0.15, 0.2) is 0 Å². The van der Waals surface area contributed by atoms with Crippen molar-refractivity contribution >= 4 is 35.0 Å². The van der Waals surface area contributed by atoms with Gasteiger partial charge in [0.25, 0.3) is 0 Å². The minimum atomic E-state index is 0.855. The standard InChI is InChI=1S/C71H122N2/c1-5-8-10-12-14-16-18-20-22-24-26-28-30-32-34-36-38-40-42-44-46-48-50-52-54-58-67-60-56-62-69(64-67)72-66(4)71(7-3)73-70-63-57-61-68(65-70)59-55-53-51-49-47-45-43-41-39-37-35-33-31-29-27-25-23-21-19-17-15-13-11-9-6-2/h54-65H,5-53H2,1-4H3. The highest BCUT2D eigenvalue weighted by Gasteiger charge is 2.05. The number of benzene rings is 2. The normalized spacial score (nSPS) is 12.4. The van der Waals surface area contributed by atoms with Crippen LogP contribution in [0.25, 0.3) is 12.2 Å². The molecule has 2 heteroatoms. The van der Waals surface area contributed by atoms with E-state index in [0.29, 0.717) is 0 Å². The molecule has 0 aliphatic carbocycles. The van der Waals surface area contributed by atoms with Crippen LogP contribution in [0.4, 0.5) is 11.4 Å². The van der Waals surface area contributed by atoms with Gasteiger partial charge >= 0.3 is 0 Å². The zero-order chi connectivity index (χ0) is 52.0. The van der Waals surface area contributed by atoms with Crippen LogP contribution < -0.4 is 0 Å². The molecule has 0 fully saturated rings. The van der Waals surface area contributed by atoms with Crippen LogP contribution in [0.15, 0.2) is 70.7 Å². The number of hydrogen-bond donors (Lipinski definition) is 0. The number of rotatable bonds is 54. The van der Waals surface area contributed by atoms with Gasteiger partial charge in [0.05, 0.1) is 22.8 Å². The zero-order valence-corrected chi connectivity index (χ0v) is 49.5. The summed E-state index contributed by atoms with van der Waals surface area (Å²) < 4.78 is 0. The smallest absolute Gasteiger partial charge is 0.0639 e. The fourth-order valence-corrected chi connectivity index (χ4v) is 10.8. The van der Waals surface area contributed by atoms with Gasteiger partial charge in [0.2, 0.25) is 0 Å². The third kappa shape index (κ3) is 43.1. The van der Waals surface area contributed by atoms with Crippen molar-refractivity contribution in [1.82, 2.24) is 0 Å². The Morgan fingerprint density at radius 2 is 0.562 bits per heavy atom. The van der Waals surface area contributed by atoms with E-state index in [9.17, 15) is 0 Å². The Bertz CT molecular complexity index is 1590. The molecule has 2 aromatic rings. The molecule has 416 valence electrons. The van der Waals surface area contributed by atoms with E-state index in [1.807, 2.05) is 0 Å². The summed E-state index contributed by atoms with van der Waals surface area (Å²) in [4.78, 5) is 10.1. The summed E-state index contributed by atoms with van der Waals surface area (Å²) in [6.07, 6.45) is 78.6. The van der Waals surface area contributed by atoms with E-state index in [4.69, 9.17) is 9.98 Å². The second kappa shape index (κ2) is 52.7. The molecular formula is C71H122N2. The van der Waals surface area contributed by atoms with Crippen molar-refractivity contribution in [2.24, 2.45) is 9.98 Å². The number of hydrogen-bond acceptors (Lipinski definition) is 2. The van der Waals surface area contributed by atoms with E-state index < -0.39 is 0 Å². The number of nitrogens with zero attached hydrogens (tertiary/aromatic N) is 2. The van der Waals surface area contributed by atoms with Crippen LogP contribution >= 0.6 is 0 Å². The SMILES string of the molecule is CCCCCCCCCCCCCCCCCCCCCCCCCC=Cc1cccc(N=C(C)C(CC)=Nc2cccc(C=CCCCCCCCCCCCCCCCCCCCCCCCCC)c2)c1. The Morgan fingerprint density at radius 3 is 0.822 bits per heavy atom. The van der Waals surface area contributed by atoms with Gasteiger partial charge in [-0.1, -0.05) is 352 Å². The summed E-state index contributed by atoms with van der Waals surface area (Å²) in [5.41, 5.74) is 6.52. The summed E-state index contributed by atoms with van der Waals surface area (Å²) in [7, 11) is 0. The fraction of sp³-hybridized carbons (Fsp3) is 0.746. The van der Waals surface area contributed by atoms with E-state index in [0.717, 1.165) is 42.1 Å². The molecule has 0 N–H and O–H groups in total. The maximum Gasteiger partial charge on any atom is 0.0639 e. The molecule has 0 unspecified atom stereocenters. The fourth-order valence-electron chi connectivity index (χ4n) is 10.8. The highest BCUT2D eigenvalue weighted by atomic mass is 14.8. The molecule has 2 aromatic carbocycles. The van der Waals surface area contributed by atoms with Crippen molar-refractivity contribution in [1.29, 1.82) is 0 Å². The maximum atomic E-state index is 5.08. The quantitative estimate of drug-likeness (QED) is 0.0466. The highest BCUT2D eigenvalue weighted by Crippen LogP contribution is 2.22. The zero-order valence-electron chi connectivity index (χ0n) is 49.5. The molecule has 0 atom stereocenters. The van der Waals surface area contributed by atoms with Crippen molar-refractivity contribution in [3.8, 4) is 0 Å². The predicted molar refractivity (Wildman–Crippen MR) is 334 cm³/mol. The molecular weight excluding hydrogens is 881 g/mol. The predicted octanol–water partition coefficient (Wildman–Crippen LogP) is 25.8. The molecule has 2 rings (SSSR count). The first-order valence-electron chi connectivity index (χ1n) is 32.8. The van der Waals surface area contributed by atoms with E-state index >= 15 is 0 Å². The Morgan fingerprint density at radius 1 is 0.315 bits per heavy atom. The first-order chi connectivity index (χ1) is 36.2. The topological polar surface area (TPSA) is 24.7 Å². The van der Waals surface area contributed by atoms with Crippen molar-refractivity contribution in [3.05, 3.63) is 71.8 Å². The van der Waals surface area contributed by atoms with Gasteiger partial charge in [-0.2, -0.15) is 0 Å². The van der Waals surface area contributed by atoms with Gasteiger partial charge in [0.1, 0.15) is 0 Å². The molecule has 0 aliphatic rings. The van der Waals surface area contributed by atoms with E-state index in [1.54, 1.807) is 0 Å². The lowest BCUT2D eigenvalue weighted by Crippen LogP contribution is -2.08. The van der Waals surface area contributed by atoms with Gasteiger partial charge in [-0.25, -0.2) is 0 Å². The van der Waals surface area contributed by atoms with E-state index in [1.165, 1.54) is 306 Å². The minimum absolute atomic E-state index is 0.855. The summed E-state index contributed by atoms with van der Waals surface area (Å²) in [5.74, 6) is 0. The molecule has 2 nitrogen and oxygen atoms in total. The summed E-state index contributed by atoms with van der Waals surface area (Å²) >= 11 is 0. The van der Waals surface area contributed by atoms with Crippen LogP contribution in [0, 0.1) is 0 Å². The Kier molecular flexibility index (Phi) is 47.9. The van der Waals surface area contributed by atoms with Crippen LogP contribution in [-0.2, 0) is 0 Å². The molecule has 0 aromatic heterocycles. The summed E-state index contributed by atoms with van der Waals surface area (Å²) in [6.45, 7) is 8.91.